The van der Waals surface area contributed by atoms with E-state index < -0.39 is 5.60 Å². The van der Waals surface area contributed by atoms with E-state index in [2.05, 4.69) is 10.2 Å². The molecule has 5 nitrogen and oxygen atoms in total. The van der Waals surface area contributed by atoms with Crippen LogP contribution in [0.1, 0.15) is 48.1 Å². The fourth-order valence-electron chi connectivity index (χ4n) is 2.45. The number of aromatic hydroxyl groups is 2. The second-order valence-electron chi connectivity index (χ2n) is 6.52. The van der Waals surface area contributed by atoms with Crippen LogP contribution in [-0.4, -0.2) is 31.1 Å². The highest BCUT2D eigenvalue weighted by Gasteiger charge is 2.20. The molecule has 0 radical (unpaired) electrons. The second kappa shape index (κ2) is 6.46. The van der Waals surface area contributed by atoms with E-state index >= 15 is 0 Å². The molecule has 0 bridgehead atoms. The Kier molecular flexibility index (Phi) is 4.80. The van der Waals surface area contributed by atoms with E-state index in [0.717, 1.165) is 5.56 Å². The summed E-state index contributed by atoms with van der Waals surface area (Å²) in [5.74, 6) is 0.335. The first-order valence-electron chi connectivity index (χ1n) is 7.64. The maximum Gasteiger partial charge on any atom is 0.126 e. The van der Waals surface area contributed by atoms with Crippen molar-refractivity contribution < 1.29 is 15.3 Å². The number of H-pyrrole nitrogens is 1. The first kappa shape index (κ1) is 17.1. The smallest absolute Gasteiger partial charge is 0.126 e. The highest BCUT2D eigenvalue weighted by atomic mass is 16.3. The molecular weight excluding hydrogens is 292 g/mol. The third-order valence-corrected chi connectivity index (χ3v) is 4.09. The van der Waals surface area contributed by atoms with Gasteiger partial charge in [0, 0.05) is 22.9 Å². The molecule has 0 atom stereocenters. The number of nitrogens with one attached hydrogen (secondary N) is 1. The van der Waals surface area contributed by atoms with Crippen LogP contribution in [0, 0.1) is 13.8 Å². The topological polar surface area (TPSA) is 89.4 Å². The molecule has 0 unspecified atom stereocenters. The lowest BCUT2D eigenvalue weighted by Gasteiger charge is -2.20. The number of phenolic OH excluding ortho intramolecular Hbond substituents is 2. The molecule has 0 fully saturated rings. The molecule has 0 saturated carbocycles. The third-order valence-electron chi connectivity index (χ3n) is 4.09. The molecule has 4 N–H and O–H groups in total. The minimum Gasteiger partial charge on any atom is -0.507 e. The maximum absolute atomic E-state index is 10.5. The normalized spacial score (nSPS) is 12.2. The molecule has 1 aromatic carbocycles. The summed E-state index contributed by atoms with van der Waals surface area (Å²) in [4.78, 5) is 0. The Morgan fingerprint density at radius 2 is 1.78 bits per heavy atom. The number of rotatable bonds is 5. The van der Waals surface area contributed by atoms with Crippen molar-refractivity contribution in [3.8, 4) is 11.5 Å². The van der Waals surface area contributed by atoms with Crippen molar-refractivity contribution in [2.45, 2.75) is 46.1 Å². The minimum atomic E-state index is -0.841. The zero-order valence-electron chi connectivity index (χ0n) is 14.0. The summed E-state index contributed by atoms with van der Waals surface area (Å²) in [7, 11) is 0. The zero-order chi connectivity index (χ0) is 17.2. The van der Waals surface area contributed by atoms with E-state index in [4.69, 9.17) is 0 Å². The van der Waals surface area contributed by atoms with Crippen LogP contribution >= 0.6 is 0 Å². The Balaban J connectivity index is 2.49. The van der Waals surface area contributed by atoms with Crippen LogP contribution in [-0.2, 0) is 6.42 Å². The molecule has 0 amide bonds. The molecule has 124 valence electrons. The number of nitrogens with zero attached hydrogens (tertiary/aromatic N) is 1. The van der Waals surface area contributed by atoms with Crippen LogP contribution in [0.5, 0.6) is 11.5 Å². The molecule has 0 aliphatic heterocycles. The van der Waals surface area contributed by atoms with Crippen LogP contribution < -0.4 is 0 Å². The van der Waals surface area contributed by atoms with Gasteiger partial charge in [-0.05, 0) is 51.7 Å². The molecule has 0 aliphatic rings. The summed E-state index contributed by atoms with van der Waals surface area (Å²) in [6, 6.07) is 0. The molecule has 0 aliphatic carbocycles. The predicted molar refractivity (Wildman–Crippen MR) is 91.4 cm³/mol. The first-order chi connectivity index (χ1) is 10.7. The fraction of sp³-hybridized carbons (Fsp3) is 0.389. The summed E-state index contributed by atoms with van der Waals surface area (Å²) in [6.45, 7) is 7.01. The highest BCUT2D eigenvalue weighted by molar-refractivity contribution is 5.77. The standard InChI is InChI=1S/C18H24N2O3/c1-11-12(2)17(22)15(7-8-18(3,4)23)14(16(11)21)6-5-13-9-19-20-10-13/h5-6,9-10,21-23H,7-8H2,1-4H3,(H,19,20). The van der Waals surface area contributed by atoms with Crippen LogP contribution in [0.3, 0.4) is 0 Å². The lowest BCUT2D eigenvalue weighted by molar-refractivity contribution is 0.0712. The van der Waals surface area contributed by atoms with Crippen LogP contribution in [0.15, 0.2) is 12.4 Å². The molecule has 0 saturated heterocycles. The van der Waals surface area contributed by atoms with Gasteiger partial charge in [-0.2, -0.15) is 5.10 Å². The van der Waals surface area contributed by atoms with Gasteiger partial charge in [0.25, 0.3) is 0 Å². The second-order valence-corrected chi connectivity index (χ2v) is 6.52. The average molecular weight is 316 g/mol. The van der Waals surface area contributed by atoms with Crippen molar-refractivity contribution in [2.24, 2.45) is 0 Å². The molecule has 1 aromatic heterocycles. The van der Waals surface area contributed by atoms with E-state index in [0.29, 0.717) is 35.1 Å². The largest absolute Gasteiger partial charge is 0.507 e. The van der Waals surface area contributed by atoms with Crippen molar-refractivity contribution in [1.82, 2.24) is 10.2 Å². The Bertz CT molecular complexity index is 711. The Labute approximate surface area is 136 Å². The number of hydrogen-bond acceptors (Lipinski definition) is 4. The average Bonchev–Trinajstić information content (AvgIpc) is 2.98. The molecule has 23 heavy (non-hydrogen) atoms. The molecule has 2 rings (SSSR count). The quantitative estimate of drug-likeness (QED) is 0.637. The molecule has 0 spiro atoms. The molecule has 1 heterocycles. The van der Waals surface area contributed by atoms with Crippen LogP contribution in [0.25, 0.3) is 12.2 Å². The van der Waals surface area contributed by atoms with Gasteiger partial charge in [-0.3, -0.25) is 5.10 Å². The SMILES string of the molecule is Cc1c(C)c(O)c(CCC(C)(C)O)c(C=Cc2cn[nH]c2)c1O. The van der Waals surface area contributed by atoms with Gasteiger partial charge in [-0.15, -0.1) is 0 Å². The van der Waals surface area contributed by atoms with Crippen molar-refractivity contribution in [2.75, 3.05) is 0 Å². The summed E-state index contributed by atoms with van der Waals surface area (Å²) in [6.07, 6.45) is 7.95. The Morgan fingerprint density at radius 1 is 1.13 bits per heavy atom. The van der Waals surface area contributed by atoms with Crippen molar-refractivity contribution in [3.05, 3.63) is 40.2 Å². The van der Waals surface area contributed by atoms with Gasteiger partial charge >= 0.3 is 0 Å². The van der Waals surface area contributed by atoms with Gasteiger partial charge in [-0.1, -0.05) is 12.2 Å². The van der Waals surface area contributed by atoms with E-state index in [1.165, 1.54) is 0 Å². The zero-order valence-corrected chi connectivity index (χ0v) is 14.0. The Morgan fingerprint density at radius 3 is 2.35 bits per heavy atom. The number of aromatic amines is 1. The van der Waals surface area contributed by atoms with E-state index in [-0.39, 0.29) is 11.5 Å². The number of benzene rings is 1. The fourth-order valence-corrected chi connectivity index (χ4v) is 2.45. The summed E-state index contributed by atoms with van der Waals surface area (Å²) in [5.41, 5.74) is 2.57. The summed E-state index contributed by atoms with van der Waals surface area (Å²) in [5, 5.41) is 37.5. The van der Waals surface area contributed by atoms with Gasteiger partial charge < -0.3 is 15.3 Å². The maximum atomic E-state index is 10.5. The Hall–Kier alpha value is -2.27. The monoisotopic (exact) mass is 316 g/mol. The summed E-state index contributed by atoms with van der Waals surface area (Å²) >= 11 is 0. The lowest BCUT2D eigenvalue weighted by Crippen LogP contribution is -2.19. The van der Waals surface area contributed by atoms with E-state index in [9.17, 15) is 15.3 Å². The number of phenols is 2. The van der Waals surface area contributed by atoms with Gasteiger partial charge in [0.15, 0.2) is 0 Å². The predicted octanol–water partition coefficient (Wildman–Crippen LogP) is 3.31. The van der Waals surface area contributed by atoms with Crippen molar-refractivity contribution in [3.63, 3.8) is 0 Å². The third kappa shape index (κ3) is 3.93. The van der Waals surface area contributed by atoms with Gasteiger partial charge in [-0.25, -0.2) is 0 Å². The molecule has 5 heteroatoms. The van der Waals surface area contributed by atoms with Gasteiger partial charge in [0.1, 0.15) is 11.5 Å². The van der Waals surface area contributed by atoms with Crippen LogP contribution in [0.2, 0.25) is 0 Å². The van der Waals surface area contributed by atoms with E-state index in [1.807, 2.05) is 6.08 Å². The number of hydrogen-bond donors (Lipinski definition) is 4. The van der Waals surface area contributed by atoms with Gasteiger partial charge in [0.2, 0.25) is 0 Å². The number of aromatic nitrogens is 2. The first-order valence-corrected chi connectivity index (χ1v) is 7.64. The van der Waals surface area contributed by atoms with Gasteiger partial charge in [0.05, 0.1) is 11.8 Å². The molecule has 2 aromatic rings. The minimum absolute atomic E-state index is 0.158. The number of aliphatic hydroxyl groups is 1. The van der Waals surface area contributed by atoms with Crippen molar-refractivity contribution in [1.29, 1.82) is 0 Å². The molecular formula is C18H24N2O3. The van der Waals surface area contributed by atoms with Crippen molar-refractivity contribution >= 4 is 12.2 Å². The highest BCUT2D eigenvalue weighted by Crippen LogP contribution is 2.39. The van der Waals surface area contributed by atoms with E-state index in [1.54, 1.807) is 46.2 Å². The summed E-state index contributed by atoms with van der Waals surface area (Å²) < 4.78 is 0. The lowest BCUT2D eigenvalue weighted by atomic mass is 9.90. The van der Waals surface area contributed by atoms with Crippen LogP contribution in [0.4, 0.5) is 0 Å².